The quantitative estimate of drug-likeness (QED) is 0.0414. The highest BCUT2D eigenvalue weighted by molar-refractivity contribution is 5.73. The minimum atomic E-state index is -0.342. The van der Waals surface area contributed by atoms with Crippen LogP contribution in [0.5, 0.6) is 0 Å². The van der Waals surface area contributed by atoms with Crippen LogP contribution >= 0.6 is 0 Å². The van der Waals surface area contributed by atoms with E-state index in [2.05, 4.69) is 27.7 Å². The zero-order valence-corrected chi connectivity index (χ0v) is 30.7. The van der Waals surface area contributed by atoms with Gasteiger partial charge < -0.3 is 24.7 Å². The van der Waals surface area contributed by atoms with Gasteiger partial charge in [0.05, 0.1) is 38.3 Å². The van der Waals surface area contributed by atoms with Crippen molar-refractivity contribution in [3.05, 3.63) is 0 Å². The number of unbranched alkanes of at least 4 members (excludes halogenated alkanes) is 10. The maximum Gasteiger partial charge on any atom is 0.308 e. The van der Waals surface area contributed by atoms with Gasteiger partial charge in [0.15, 0.2) is 0 Å². The zero-order chi connectivity index (χ0) is 35.0. The first kappa shape index (κ1) is 44.8. The molecule has 0 saturated heterocycles. The van der Waals surface area contributed by atoms with Crippen LogP contribution in [0.2, 0.25) is 0 Å². The summed E-state index contributed by atoms with van der Waals surface area (Å²) >= 11 is 0. The molecule has 0 aromatic heterocycles. The first-order valence-electron chi connectivity index (χ1n) is 19.2. The summed E-state index contributed by atoms with van der Waals surface area (Å²) in [4.78, 5) is 49.5. The molecule has 0 rings (SSSR count). The van der Waals surface area contributed by atoms with Crippen molar-refractivity contribution in [2.24, 2.45) is 23.5 Å². The van der Waals surface area contributed by atoms with Gasteiger partial charge in [0.2, 0.25) is 0 Å². The summed E-state index contributed by atoms with van der Waals surface area (Å²) < 4.78 is 21.8. The Morgan fingerprint density at radius 3 is 1.21 bits per heavy atom. The number of hydrogen-bond acceptors (Lipinski definition) is 9. The Morgan fingerprint density at radius 1 is 0.468 bits per heavy atom. The lowest BCUT2D eigenvalue weighted by Gasteiger charge is -2.16. The highest BCUT2D eigenvalue weighted by Crippen LogP contribution is 2.20. The molecule has 0 aliphatic heterocycles. The molecule has 0 heterocycles. The second kappa shape index (κ2) is 32.4. The molecule has 0 radical (unpaired) electrons. The molecule has 9 heteroatoms. The first-order valence-corrected chi connectivity index (χ1v) is 19.2. The molecule has 0 spiro atoms. The van der Waals surface area contributed by atoms with Gasteiger partial charge in [-0.05, 0) is 51.4 Å². The molecule has 2 N–H and O–H groups in total. The fraction of sp³-hybridized carbons (Fsp3) is 0.895. The third-order valence-corrected chi connectivity index (χ3v) is 8.62. The molecule has 47 heavy (non-hydrogen) atoms. The van der Waals surface area contributed by atoms with Gasteiger partial charge >= 0.3 is 23.9 Å². The molecular formula is C38H71NO8. The Balaban J connectivity index is 4.12. The average molecular weight is 670 g/mol. The van der Waals surface area contributed by atoms with Crippen molar-refractivity contribution in [1.82, 2.24) is 0 Å². The molecule has 0 bridgehead atoms. The van der Waals surface area contributed by atoms with Gasteiger partial charge in [-0.25, -0.2) is 0 Å². The van der Waals surface area contributed by atoms with E-state index in [1.807, 2.05) is 0 Å². The van der Waals surface area contributed by atoms with Crippen molar-refractivity contribution in [3.8, 4) is 0 Å². The first-order chi connectivity index (χ1) is 22.8. The van der Waals surface area contributed by atoms with Gasteiger partial charge in [0.25, 0.3) is 0 Å². The van der Waals surface area contributed by atoms with Gasteiger partial charge in [-0.1, -0.05) is 105 Å². The molecule has 0 amide bonds. The molecule has 0 aliphatic carbocycles. The average Bonchev–Trinajstić information content (AvgIpc) is 3.07. The van der Waals surface area contributed by atoms with Crippen molar-refractivity contribution < 1.29 is 38.1 Å². The van der Waals surface area contributed by atoms with Crippen LogP contribution in [-0.2, 0) is 38.1 Å². The maximum atomic E-state index is 12.6. The predicted molar refractivity (Wildman–Crippen MR) is 188 cm³/mol. The molecule has 276 valence electrons. The monoisotopic (exact) mass is 670 g/mol. The predicted octanol–water partition coefficient (Wildman–Crippen LogP) is 8.63. The van der Waals surface area contributed by atoms with Crippen LogP contribution in [-0.4, -0.2) is 56.8 Å². The van der Waals surface area contributed by atoms with Crippen LogP contribution in [0.15, 0.2) is 0 Å². The van der Waals surface area contributed by atoms with E-state index in [0.29, 0.717) is 38.9 Å². The lowest BCUT2D eigenvalue weighted by Crippen LogP contribution is -2.27. The van der Waals surface area contributed by atoms with E-state index in [0.717, 1.165) is 77.0 Å². The second-order valence-electron chi connectivity index (χ2n) is 13.1. The second-order valence-corrected chi connectivity index (χ2v) is 13.1. The van der Waals surface area contributed by atoms with Crippen LogP contribution in [0.4, 0.5) is 0 Å². The van der Waals surface area contributed by atoms with E-state index in [1.54, 1.807) is 0 Å². The number of carbonyl (C=O) groups is 4. The zero-order valence-electron chi connectivity index (χ0n) is 30.7. The molecule has 2 atom stereocenters. The lowest BCUT2D eigenvalue weighted by molar-refractivity contribution is -0.150. The van der Waals surface area contributed by atoms with E-state index in [9.17, 15) is 19.2 Å². The Kier molecular flexibility index (Phi) is 30.9. The highest BCUT2D eigenvalue weighted by Gasteiger charge is 2.20. The van der Waals surface area contributed by atoms with E-state index >= 15 is 0 Å². The smallest absolute Gasteiger partial charge is 0.308 e. The number of ether oxygens (including phenoxy) is 4. The normalized spacial score (nSPS) is 13.0. The van der Waals surface area contributed by atoms with Crippen LogP contribution in [0, 0.1) is 17.8 Å². The fourth-order valence-electron chi connectivity index (χ4n) is 5.37. The Bertz CT molecular complexity index is 728. The number of nitrogens with two attached hydrogens (primary N) is 1. The van der Waals surface area contributed by atoms with E-state index < -0.39 is 0 Å². The fourth-order valence-corrected chi connectivity index (χ4v) is 5.37. The standard InChI is InChI=1S/C38H71NO8/c1-5-9-13-15-23-33(21-11-7-3)37(42)44-27-19-17-25-35(40)46-30-32(29-39)31-47-36(41)26-18-20-28-45-38(43)34(22-12-8-4)24-16-14-10-6-2/h32-34H,5-31,39H2,1-4H3. The summed E-state index contributed by atoms with van der Waals surface area (Å²) in [5.74, 6) is -1.24. The van der Waals surface area contributed by atoms with Gasteiger partial charge in [-0.3, -0.25) is 19.2 Å². The van der Waals surface area contributed by atoms with Crippen molar-refractivity contribution in [1.29, 1.82) is 0 Å². The Labute approximate surface area is 287 Å². The minimum Gasteiger partial charge on any atom is -0.465 e. The van der Waals surface area contributed by atoms with Crippen LogP contribution < -0.4 is 5.73 Å². The maximum absolute atomic E-state index is 12.6. The lowest BCUT2D eigenvalue weighted by atomic mass is 9.95. The van der Waals surface area contributed by atoms with E-state index in [4.69, 9.17) is 24.7 Å². The molecule has 2 unspecified atom stereocenters. The molecule has 0 aromatic carbocycles. The Hall–Kier alpha value is -2.16. The number of carbonyl (C=O) groups excluding carboxylic acids is 4. The Morgan fingerprint density at radius 2 is 0.851 bits per heavy atom. The molecule has 0 saturated carbocycles. The van der Waals surface area contributed by atoms with Crippen molar-refractivity contribution in [2.45, 2.75) is 169 Å². The summed E-state index contributed by atoms with van der Waals surface area (Å²) in [5.41, 5.74) is 5.80. The summed E-state index contributed by atoms with van der Waals surface area (Å²) in [6.07, 6.45) is 19.7. The largest absolute Gasteiger partial charge is 0.465 e. The van der Waals surface area contributed by atoms with Gasteiger partial charge in [0, 0.05) is 25.3 Å². The summed E-state index contributed by atoms with van der Waals surface area (Å²) in [5, 5.41) is 0. The summed E-state index contributed by atoms with van der Waals surface area (Å²) in [7, 11) is 0. The topological polar surface area (TPSA) is 131 Å². The summed E-state index contributed by atoms with van der Waals surface area (Å²) in [6.45, 7) is 9.64. The number of rotatable bonds is 33. The van der Waals surface area contributed by atoms with Crippen molar-refractivity contribution >= 4 is 23.9 Å². The molecule has 9 nitrogen and oxygen atoms in total. The van der Waals surface area contributed by atoms with Crippen molar-refractivity contribution in [3.63, 3.8) is 0 Å². The van der Waals surface area contributed by atoms with Crippen molar-refractivity contribution in [2.75, 3.05) is 33.0 Å². The molecule has 0 aliphatic rings. The third-order valence-electron chi connectivity index (χ3n) is 8.62. The van der Waals surface area contributed by atoms with Crippen LogP contribution in [0.3, 0.4) is 0 Å². The number of hydrogen-bond donors (Lipinski definition) is 1. The SMILES string of the molecule is CCCCCCC(CCCC)C(=O)OCCCCC(=O)OCC(CN)COC(=O)CCCCOC(=O)C(CCCC)CCCCCC. The third kappa shape index (κ3) is 26.5. The summed E-state index contributed by atoms with van der Waals surface area (Å²) in [6, 6.07) is 0. The van der Waals surface area contributed by atoms with E-state index in [-0.39, 0.29) is 74.2 Å². The number of esters is 4. The van der Waals surface area contributed by atoms with Gasteiger partial charge in [-0.15, -0.1) is 0 Å². The van der Waals surface area contributed by atoms with Gasteiger partial charge in [-0.2, -0.15) is 0 Å². The van der Waals surface area contributed by atoms with Crippen LogP contribution in [0.25, 0.3) is 0 Å². The molecular weight excluding hydrogens is 598 g/mol. The van der Waals surface area contributed by atoms with Crippen LogP contribution in [0.1, 0.15) is 169 Å². The molecule has 0 fully saturated rings. The van der Waals surface area contributed by atoms with E-state index in [1.165, 1.54) is 25.7 Å². The highest BCUT2D eigenvalue weighted by atomic mass is 16.6. The molecule has 0 aromatic rings. The van der Waals surface area contributed by atoms with Gasteiger partial charge in [0.1, 0.15) is 0 Å². The minimum absolute atomic E-state index is 0.0262.